The summed E-state index contributed by atoms with van der Waals surface area (Å²) in [6, 6.07) is 0.530. The Bertz CT molecular complexity index is 206. The summed E-state index contributed by atoms with van der Waals surface area (Å²) >= 11 is 9.12. The Morgan fingerprint density at radius 3 is 2.00 bits per heavy atom. The molecule has 0 aliphatic rings. The first-order chi connectivity index (χ1) is 7.55. The van der Waals surface area contributed by atoms with Crippen molar-refractivity contribution in [2.45, 2.75) is 57.1 Å². The van der Waals surface area contributed by atoms with Crippen LogP contribution in [0.3, 0.4) is 0 Å². The standard InChI is InChI=1S/C13H30N2S2/c1-7-15(10-13(5,6)17)11(2)8-14-9-12(3,4)16/h11,14,16-17H,7-10H2,1-6H3. The highest BCUT2D eigenvalue weighted by atomic mass is 32.1. The van der Waals surface area contributed by atoms with Gasteiger partial charge >= 0.3 is 0 Å². The molecule has 0 aromatic rings. The molecule has 0 amide bonds. The van der Waals surface area contributed by atoms with E-state index in [1.54, 1.807) is 0 Å². The van der Waals surface area contributed by atoms with Crippen LogP contribution in [0, 0.1) is 0 Å². The summed E-state index contributed by atoms with van der Waals surface area (Å²) in [5.41, 5.74) is 0. The third-order valence-corrected chi connectivity index (χ3v) is 2.92. The number of thiol groups is 2. The van der Waals surface area contributed by atoms with Crippen LogP contribution in [0.1, 0.15) is 41.5 Å². The second-order valence-electron chi connectivity index (χ2n) is 6.17. The third kappa shape index (κ3) is 10.2. The van der Waals surface area contributed by atoms with Crippen molar-refractivity contribution >= 4 is 25.3 Å². The van der Waals surface area contributed by atoms with Crippen LogP contribution in [0.25, 0.3) is 0 Å². The van der Waals surface area contributed by atoms with Crippen molar-refractivity contribution in [1.29, 1.82) is 0 Å². The zero-order chi connectivity index (χ0) is 13.7. The fraction of sp³-hybridized carbons (Fsp3) is 1.00. The van der Waals surface area contributed by atoms with Crippen molar-refractivity contribution in [3.63, 3.8) is 0 Å². The first-order valence-electron chi connectivity index (χ1n) is 6.44. The molecule has 0 aliphatic heterocycles. The maximum Gasteiger partial charge on any atom is 0.0200 e. The minimum Gasteiger partial charge on any atom is -0.314 e. The molecule has 0 fully saturated rings. The lowest BCUT2D eigenvalue weighted by Crippen LogP contribution is -2.46. The normalized spacial score (nSPS) is 15.4. The molecule has 17 heavy (non-hydrogen) atoms. The smallest absolute Gasteiger partial charge is 0.0200 e. The van der Waals surface area contributed by atoms with E-state index in [1.165, 1.54) is 0 Å². The molecule has 0 heterocycles. The van der Waals surface area contributed by atoms with Crippen LogP contribution >= 0.6 is 25.3 Å². The van der Waals surface area contributed by atoms with Gasteiger partial charge < -0.3 is 5.32 Å². The highest BCUT2D eigenvalue weighted by Gasteiger charge is 2.20. The molecule has 1 unspecified atom stereocenters. The van der Waals surface area contributed by atoms with Crippen LogP contribution in [-0.4, -0.2) is 46.6 Å². The topological polar surface area (TPSA) is 15.3 Å². The third-order valence-electron chi connectivity index (χ3n) is 2.62. The molecule has 0 saturated heterocycles. The Morgan fingerprint density at radius 2 is 1.65 bits per heavy atom. The predicted octanol–water partition coefficient (Wildman–Crippen LogP) is 2.70. The van der Waals surface area contributed by atoms with Gasteiger partial charge in [-0.3, -0.25) is 4.90 Å². The SMILES string of the molecule is CCN(CC(C)(C)S)C(C)CNCC(C)(C)S. The first kappa shape index (κ1) is 17.6. The van der Waals surface area contributed by atoms with Gasteiger partial charge in [0.2, 0.25) is 0 Å². The molecule has 0 aromatic heterocycles. The molecule has 0 bridgehead atoms. The van der Waals surface area contributed by atoms with Crippen LogP contribution in [0.2, 0.25) is 0 Å². The van der Waals surface area contributed by atoms with E-state index in [0.29, 0.717) is 6.04 Å². The number of rotatable bonds is 8. The highest BCUT2D eigenvalue weighted by molar-refractivity contribution is 7.82. The average Bonchev–Trinajstić information content (AvgIpc) is 2.10. The quantitative estimate of drug-likeness (QED) is 0.592. The van der Waals surface area contributed by atoms with Gasteiger partial charge in [-0.15, -0.1) is 0 Å². The van der Waals surface area contributed by atoms with E-state index < -0.39 is 0 Å². The van der Waals surface area contributed by atoms with Gasteiger partial charge in [0.25, 0.3) is 0 Å². The van der Waals surface area contributed by atoms with Crippen LogP contribution in [0.4, 0.5) is 0 Å². The van der Waals surface area contributed by atoms with Gasteiger partial charge in [-0.1, -0.05) is 6.92 Å². The van der Waals surface area contributed by atoms with Crippen molar-refractivity contribution in [2.75, 3.05) is 26.2 Å². The Hall–Kier alpha value is 0.620. The Balaban J connectivity index is 4.05. The van der Waals surface area contributed by atoms with Crippen molar-refractivity contribution in [3.8, 4) is 0 Å². The van der Waals surface area contributed by atoms with Gasteiger partial charge in [-0.25, -0.2) is 0 Å². The summed E-state index contributed by atoms with van der Waals surface area (Å²) in [4.78, 5) is 2.46. The summed E-state index contributed by atoms with van der Waals surface area (Å²) in [6.45, 7) is 17.1. The molecule has 4 heteroatoms. The number of nitrogens with one attached hydrogen (secondary N) is 1. The summed E-state index contributed by atoms with van der Waals surface area (Å²) < 4.78 is 0.118. The molecule has 0 aliphatic carbocycles. The molecular weight excluding hydrogens is 248 g/mol. The Morgan fingerprint density at radius 1 is 1.12 bits per heavy atom. The molecule has 0 spiro atoms. The predicted molar refractivity (Wildman–Crippen MR) is 85.7 cm³/mol. The van der Waals surface area contributed by atoms with E-state index in [2.05, 4.69) is 77.0 Å². The van der Waals surface area contributed by atoms with E-state index in [0.717, 1.165) is 26.2 Å². The number of hydrogen-bond donors (Lipinski definition) is 3. The summed E-state index contributed by atoms with van der Waals surface area (Å²) in [7, 11) is 0. The number of nitrogens with zero attached hydrogens (tertiary/aromatic N) is 1. The molecule has 1 N–H and O–H groups in total. The van der Waals surface area contributed by atoms with Crippen molar-refractivity contribution < 1.29 is 0 Å². The Labute approximate surface area is 119 Å². The second-order valence-corrected chi connectivity index (χ2v) is 8.59. The van der Waals surface area contributed by atoms with Crippen LogP contribution in [0.15, 0.2) is 0 Å². The Kier molecular flexibility index (Phi) is 7.53. The fourth-order valence-electron chi connectivity index (χ4n) is 1.79. The van der Waals surface area contributed by atoms with E-state index in [1.807, 2.05) is 0 Å². The van der Waals surface area contributed by atoms with Gasteiger partial charge in [0.1, 0.15) is 0 Å². The minimum absolute atomic E-state index is 0.0551. The van der Waals surface area contributed by atoms with Crippen molar-refractivity contribution in [1.82, 2.24) is 10.2 Å². The molecule has 0 aromatic carbocycles. The van der Waals surface area contributed by atoms with Gasteiger partial charge in [0, 0.05) is 35.2 Å². The van der Waals surface area contributed by atoms with Crippen molar-refractivity contribution in [2.24, 2.45) is 0 Å². The lowest BCUT2D eigenvalue weighted by molar-refractivity contribution is 0.201. The van der Waals surface area contributed by atoms with E-state index in [9.17, 15) is 0 Å². The summed E-state index contributed by atoms with van der Waals surface area (Å²) in [5, 5.41) is 3.48. The van der Waals surface area contributed by atoms with Gasteiger partial charge in [-0.2, -0.15) is 25.3 Å². The zero-order valence-corrected chi connectivity index (χ0v) is 14.0. The summed E-state index contributed by atoms with van der Waals surface area (Å²) in [6.07, 6.45) is 0. The van der Waals surface area contributed by atoms with Crippen LogP contribution in [0.5, 0.6) is 0 Å². The summed E-state index contributed by atoms with van der Waals surface area (Å²) in [5.74, 6) is 0. The molecular formula is C13H30N2S2. The lowest BCUT2D eigenvalue weighted by atomic mass is 10.1. The monoisotopic (exact) mass is 278 g/mol. The highest BCUT2D eigenvalue weighted by Crippen LogP contribution is 2.15. The average molecular weight is 279 g/mol. The van der Waals surface area contributed by atoms with Gasteiger partial charge in [0.15, 0.2) is 0 Å². The molecule has 0 rings (SSSR count). The van der Waals surface area contributed by atoms with Gasteiger partial charge in [0.05, 0.1) is 0 Å². The van der Waals surface area contributed by atoms with Crippen LogP contribution < -0.4 is 5.32 Å². The number of likely N-dealkylation sites (N-methyl/N-ethyl adjacent to an activating group) is 1. The van der Waals surface area contributed by atoms with E-state index in [4.69, 9.17) is 0 Å². The zero-order valence-electron chi connectivity index (χ0n) is 12.2. The van der Waals surface area contributed by atoms with Crippen molar-refractivity contribution in [3.05, 3.63) is 0 Å². The number of hydrogen-bond acceptors (Lipinski definition) is 4. The van der Waals surface area contributed by atoms with E-state index in [-0.39, 0.29) is 9.49 Å². The maximum atomic E-state index is 4.61. The largest absolute Gasteiger partial charge is 0.314 e. The molecule has 2 nitrogen and oxygen atoms in total. The second kappa shape index (κ2) is 7.27. The minimum atomic E-state index is 0.0551. The first-order valence-corrected chi connectivity index (χ1v) is 7.34. The lowest BCUT2D eigenvalue weighted by Gasteiger charge is -2.34. The molecule has 0 saturated carbocycles. The van der Waals surface area contributed by atoms with Gasteiger partial charge in [-0.05, 0) is 41.2 Å². The fourth-order valence-corrected chi connectivity index (χ4v) is 2.09. The molecule has 1 atom stereocenters. The van der Waals surface area contributed by atoms with E-state index >= 15 is 0 Å². The molecule has 0 radical (unpaired) electrons. The maximum absolute atomic E-state index is 4.61. The molecule has 104 valence electrons. The van der Waals surface area contributed by atoms with Crippen LogP contribution in [-0.2, 0) is 0 Å².